The van der Waals surface area contributed by atoms with Crippen molar-refractivity contribution in [1.82, 2.24) is 15.1 Å². The number of rotatable bonds is 12. The van der Waals surface area contributed by atoms with Gasteiger partial charge in [-0.1, -0.05) is 41.4 Å². The van der Waals surface area contributed by atoms with Gasteiger partial charge in [0, 0.05) is 51.3 Å². The maximum atomic E-state index is 13.3. The molecule has 2 aromatic carbocycles. The Kier molecular flexibility index (Phi) is 12.5. The zero-order valence-corrected chi connectivity index (χ0v) is 27.0. The summed E-state index contributed by atoms with van der Waals surface area (Å²) >= 11 is 12.4. The van der Waals surface area contributed by atoms with Crippen molar-refractivity contribution in [2.24, 2.45) is 0 Å². The SMILES string of the molecule is COC(=O)CCNC(=O)C(CCCc1ccc(C(=O)N(C)c2cccc(Cl)c2Cl)cc1)N1CCC(N2CCCCC2=O)CC1. The van der Waals surface area contributed by atoms with Crippen molar-refractivity contribution in [3.05, 3.63) is 63.6 Å². The molecule has 1 unspecified atom stereocenters. The maximum Gasteiger partial charge on any atom is 0.307 e. The molecule has 1 N–H and O–H groups in total. The fourth-order valence-corrected chi connectivity index (χ4v) is 6.50. The highest BCUT2D eigenvalue weighted by atomic mass is 35.5. The number of halogens is 2. The molecule has 2 aliphatic rings. The first-order valence-electron chi connectivity index (χ1n) is 15.4. The van der Waals surface area contributed by atoms with E-state index in [0.717, 1.165) is 63.7 Å². The summed E-state index contributed by atoms with van der Waals surface area (Å²) in [6, 6.07) is 12.6. The number of likely N-dealkylation sites (tertiary alicyclic amines) is 2. The first kappa shape index (κ1) is 33.7. The Bertz CT molecular complexity index is 1310. The van der Waals surface area contributed by atoms with Crippen molar-refractivity contribution in [3.8, 4) is 0 Å². The summed E-state index contributed by atoms with van der Waals surface area (Å²) in [7, 11) is 3.00. The molecule has 0 aromatic heterocycles. The Labute approximate surface area is 269 Å². The van der Waals surface area contributed by atoms with Crippen molar-refractivity contribution >= 4 is 52.6 Å². The van der Waals surface area contributed by atoms with Crippen molar-refractivity contribution in [2.45, 2.75) is 69.9 Å². The van der Waals surface area contributed by atoms with E-state index in [1.807, 2.05) is 17.0 Å². The van der Waals surface area contributed by atoms with Gasteiger partial charge in [0.25, 0.3) is 5.91 Å². The highest BCUT2D eigenvalue weighted by Gasteiger charge is 2.33. The third-order valence-corrected chi connectivity index (χ3v) is 9.45. The lowest BCUT2D eigenvalue weighted by Crippen LogP contribution is -2.54. The minimum atomic E-state index is -0.363. The summed E-state index contributed by atoms with van der Waals surface area (Å²) in [5, 5.41) is 3.63. The fourth-order valence-electron chi connectivity index (χ4n) is 6.08. The van der Waals surface area contributed by atoms with Crippen LogP contribution in [0.5, 0.6) is 0 Å². The van der Waals surface area contributed by atoms with Crippen LogP contribution in [-0.2, 0) is 25.5 Å². The van der Waals surface area contributed by atoms with Gasteiger partial charge in [-0.2, -0.15) is 0 Å². The number of nitrogens with one attached hydrogen (secondary N) is 1. The molecule has 0 radical (unpaired) electrons. The van der Waals surface area contributed by atoms with Crippen LogP contribution in [0.2, 0.25) is 10.0 Å². The number of carbonyl (C=O) groups is 4. The van der Waals surface area contributed by atoms with E-state index in [1.165, 1.54) is 12.0 Å². The molecular weight excluding hydrogens is 603 g/mol. The molecule has 3 amide bonds. The molecule has 11 heteroatoms. The number of carbonyl (C=O) groups excluding carboxylic acids is 4. The molecule has 1 atom stereocenters. The van der Waals surface area contributed by atoms with Gasteiger partial charge in [-0.05, 0) is 74.8 Å². The van der Waals surface area contributed by atoms with Gasteiger partial charge in [0.2, 0.25) is 11.8 Å². The molecule has 2 saturated heterocycles. The van der Waals surface area contributed by atoms with Crippen LogP contribution < -0.4 is 10.2 Å². The number of amides is 3. The van der Waals surface area contributed by atoms with Crippen LogP contribution in [0.1, 0.15) is 67.3 Å². The number of esters is 1. The Hall–Kier alpha value is -3.14. The average Bonchev–Trinajstić information content (AvgIpc) is 3.04. The second-order valence-electron chi connectivity index (χ2n) is 11.5. The van der Waals surface area contributed by atoms with E-state index in [1.54, 1.807) is 37.4 Å². The lowest BCUT2D eigenvalue weighted by Gasteiger charge is -2.42. The second-order valence-corrected chi connectivity index (χ2v) is 12.3. The number of hydrogen-bond donors (Lipinski definition) is 1. The smallest absolute Gasteiger partial charge is 0.307 e. The molecule has 2 aromatic rings. The van der Waals surface area contributed by atoms with Crippen LogP contribution >= 0.6 is 23.2 Å². The molecule has 4 rings (SSSR count). The van der Waals surface area contributed by atoms with Crippen LogP contribution in [0.4, 0.5) is 5.69 Å². The predicted molar refractivity (Wildman–Crippen MR) is 172 cm³/mol. The lowest BCUT2D eigenvalue weighted by atomic mass is 9.96. The zero-order valence-electron chi connectivity index (χ0n) is 25.5. The van der Waals surface area contributed by atoms with Crippen LogP contribution in [0.3, 0.4) is 0 Å². The molecule has 2 heterocycles. The Morgan fingerprint density at radius 1 is 1.05 bits per heavy atom. The first-order chi connectivity index (χ1) is 21.2. The summed E-state index contributed by atoms with van der Waals surface area (Å²) in [5.41, 5.74) is 2.14. The van der Waals surface area contributed by atoms with Crippen molar-refractivity contribution in [1.29, 1.82) is 0 Å². The highest BCUT2D eigenvalue weighted by Crippen LogP contribution is 2.32. The van der Waals surface area contributed by atoms with E-state index in [4.69, 9.17) is 27.9 Å². The topological polar surface area (TPSA) is 99.3 Å². The molecule has 0 spiro atoms. The van der Waals surface area contributed by atoms with Gasteiger partial charge in [0.15, 0.2) is 0 Å². The average molecular weight is 646 g/mol. The van der Waals surface area contributed by atoms with Crippen LogP contribution in [0.15, 0.2) is 42.5 Å². The molecule has 0 saturated carbocycles. The highest BCUT2D eigenvalue weighted by molar-refractivity contribution is 6.44. The number of aryl methyl sites for hydroxylation is 1. The first-order valence-corrected chi connectivity index (χ1v) is 16.1. The minimum Gasteiger partial charge on any atom is -0.469 e. The third kappa shape index (κ3) is 8.73. The lowest BCUT2D eigenvalue weighted by molar-refractivity contribution is -0.141. The van der Waals surface area contributed by atoms with Gasteiger partial charge in [-0.25, -0.2) is 0 Å². The normalized spacial score (nSPS) is 16.8. The van der Waals surface area contributed by atoms with E-state index < -0.39 is 0 Å². The Morgan fingerprint density at radius 3 is 2.45 bits per heavy atom. The third-order valence-electron chi connectivity index (χ3n) is 8.64. The number of hydrogen-bond acceptors (Lipinski definition) is 6. The minimum absolute atomic E-state index is 0.0925. The van der Waals surface area contributed by atoms with Gasteiger partial charge in [0.1, 0.15) is 0 Å². The van der Waals surface area contributed by atoms with Crippen LogP contribution in [0.25, 0.3) is 0 Å². The van der Waals surface area contributed by atoms with Gasteiger partial charge >= 0.3 is 5.97 Å². The molecule has 44 heavy (non-hydrogen) atoms. The van der Waals surface area contributed by atoms with Crippen molar-refractivity contribution in [3.63, 3.8) is 0 Å². The molecule has 0 bridgehead atoms. The van der Waals surface area contributed by atoms with Crippen molar-refractivity contribution < 1.29 is 23.9 Å². The molecule has 2 aliphatic heterocycles. The Morgan fingerprint density at radius 2 is 1.77 bits per heavy atom. The number of nitrogens with zero attached hydrogens (tertiary/aromatic N) is 3. The number of piperidine rings is 2. The largest absolute Gasteiger partial charge is 0.469 e. The van der Waals surface area contributed by atoms with Crippen molar-refractivity contribution in [2.75, 3.05) is 45.2 Å². The number of benzene rings is 2. The Balaban J connectivity index is 1.34. The fraction of sp³-hybridized carbons (Fsp3) is 0.515. The summed E-state index contributed by atoms with van der Waals surface area (Å²) in [5.74, 6) is -0.402. The monoisotopic (exact) mass is 644 g/mol. The van der Waals surface area contributed by atoms with Gasteiger partial charge in [-0.15, -0.1) is 0 Å². The summed E-state index contributed by atoms with van der Waals surface area (Å²) in [6.07, 6.45) is 6.64. The van der Waals surface area contributed by atoms with Crippen LogP contribution in [0, 0.1) is 0 Å². The second kappa shape index (κ2) is 16.3. The zero-order chi connectivity index (χ0) is 31.6. The van der Waals surface area contributed by atoms with Gasteiger partial charge in [-0.3, -0.25) is 24.1 Å². The van der Waals surface area contributed by atoms with E-state index in [-0.39, 0.29) is 48.7 Å². The molecule has 238 valence electrons. The standard InChI is InChI=1S/C33H42Cl2N4O5/c1-37(27-9-6-8-26(34)31(27)35)33(43)24-14-12-23(13-15-24)7-5-10-28(32(42)36-19-16-30(41)44-2)38-21-17-25(18-22-38)39-20-4-3-11-29(39)40/h6,8-9,12-15,25,28H,3-5,7,10-11,16-22H2,1-2H3,(H,36,42). The summed E-state index contributed by atoms with van der Waals surface area (Å²) in [6.45, 7) is 2.54. The summed E-state index contributed by atoms with van der Waals surface area (Å²) in [4.78, 5) is 56.2. The molecular formula is C33H42Cl2N4O5. The summed E-state index contributed by atoms with van der Waals surface area (Å²) < 4.78 is 4.70. The number of anilines is 1. The van der Waals surface area contributed by atoms with E-state index in [9.17, 15) is 19.2 Å². The van der Waals surface area contributed by atoms with Gasteiger partial charge < -0.3 is 19.9 Å². The quantitative estimate of drug-likeness (QED) is 0.322. The van der Waals surface area contributed by atoms with Crippen LogP contribution in [-0.4, -0.2) is 85.9 Å². The van der Waals surface area contributed by atoms with E-state index >= 15 is 0 Å². The molecule has 9 nitrogen and oxygen atoms in total. The van der Waals surface area contributed by atoms with Gasteiger partial charge in [0.05, 0.1) is 35.3 Å². The maximum absolute atomic E-state index is 13.3. The molecule has 2 fully saturated rings. The van der Waals surface area contributed by atoms with E-state index in [2.05, 4.69) is 10.2 Å². The number of ether oxygens (including phenoxy) is 1. The predicted octanol–water partition coefficient (Wildman–Crippen LogP) is 5.12. The molecule has 0 aliphatic carbocycles. The number of methoxy groups -OCH3 is 1. The van der Waals surface area contributed by atoms with E-state index in [0.29, 0.717) is 34.1 Å².